The first kappa shape index (κ1) is 26.7. The van der Waals surface area contributed by atoms with Crippen molar-refractivity contribution in [1.29, 1.82) is 0 Å². The lowest BCUT2D eigenvalue weighted by Gasteiger charge is -2.16. The van der Waals surface area contributed by atoms with Gasteiger partial charge in [-0.25, -0.2) is 0 Å². The van der Waals surface area contributed by atoms with Crippen LogP contribution in [0.4, 0.5) is 0 Å². The molecule has 10 heteroatoms. The van der Waals surface area contributed by atoms with E-state index in [1.54, 1.807) is 19.2 Å². The summed E-state index contributed by atoms with van der Waals surface area (Å²) in [5.41, 5.74) is 0.666. The molecule has 3 amide bonds. The number of ether oxygens (including phenoxy) is 3. The van der Waals surface area contributed by atoms with Crippen molar-refractivity contribution in [3.05, 3.63) is 17.7 Å². The van der Waals surface area contributed by atoms with Crippen LogP contribution in [0.2, 0.25) is 0 Å². The van der Waals surface area contributed by atoms with E-state index in [-0.39, 0.29) is 43.7 Å². The van der Waals surface area contributed by atoms with Gasteiger partial charge in [0.15, 0.2) is 0 Å². The van der Waals surface area contributed by atoms with Gasteiger partial charge in [-0.2, -0.15) is 0 Å². The summed E-state index contributed by atoms with van der Waals surface area (Å²) in [7, 11) is 4.65. The van der Waals surface area contributed by atoms with Gasteiger partial charge >= 0.3 is 0 Å². The van der Waals surface area contributed by atoms with Crippen molar-refractivity contribution in [3.63, 3.8) is 0 Å². The molecule has 0 aliphatic rings. The molecule has 0 aromatic heterocycles. The number of unbranched alkanes of at least 4 members (excludes halogenated alkanes) is 1. The van der Waals surface area contributed by atoms with E-state index in [1.807, 2.05) is 0 Å². The second-order valence-electron chi connectivity index (χ2n) is 6.89. The molecular formula is C22H33N3O7. The number of hydrogen-bond acceptors (Lipinski definition) is 7. The lowest BCUT2D eigenvalue weighted by molar-refractivity contribution is -0.123. The van der Waals surface area contributed by atoms with Gasteiger partial charge in [-0.1, -0.05) is 0 Å². The van der Waals surface area contributed by atoms with Crippen LogP contribution in [0.1, 0.15) is 44.1 Å². The van der Waals surface area contributed by atoms with E-state index >= 15 is 0 Å². The summed E-state index contributed by atoms with van der Waals surface area (Å²) >= 11 is 0. The van der Waals surface area contributed by atoms with Gasteiger partial charge in [0.1, 0.15) is 23.5 Å². The average Bonchev–Trinajstić information content (AvgIpc) is 2.80. The predicted molar refractivity (Wildman–Crippen MR) is 118 cm³/mol. The number of hydrogen-bond donors (Lipinski definition) is 3. The Kier molecular flexibility index (Phi) is 12.9. The molecule has 0 radical (unpaired) electrons. The van der Waals surface area contributed by atoms with Crippen LogP contribution in [-0.4, -0.2) is 58.4 Å². The fourth-order valence-corrected chi connectivity index (χ4v) is 2.85. The monoisotopic (exact) mass is 451 g/mol. The number of rotatable bonds is 16. The minimum absolute atomic E-state index is 0.000836. The highest BCUT2D eigenvalue weighted by molar-refractivity contribution is 5.80. The molecule has 0 bridgehead atoms. The van der Waals surface area contributed by atoms with E-state index in [2.05, 4.69) is 16.0 Å². The number of aldehydes is 1. The molecule has 3 N–H and O–H groups in total. The maximum Gasteiger partial charge on any atom is 0.220 e. The van der Waals surface area contributed by atoms with E-state index in [1.165, 1.54) is 14.2 Å². The zero-order valence-corrected chi connectivity index (χ0v) is 19.0. The molecule has 0 unspecified atom stereocenters. The molecule has 0 saturated carbocycles. The summed E-state index contributed by atoms with van der Waals surface area (Å²) in [4.78, 5) is 45.0. The Labute approximate surface area is 188 Å². The summed E-state index contributed by atoms with van der Waals surface area (Å²) in [6.45, 7) is 0.606. The van der Waals surface area contributed by atoms with Gasteiger partial charge in [0.25, 0.3) is 0 Å². The number of carbonyl (C=O) groups excluding carboxylic acids is 4. The molecule has 0 aliphatic heterocycles. The van der Waals surface area contributed by atoms with Gasteiger partial charge in [0, 0.05) is 38.4 Å². The van der Waals surface area contributed by atoms with E-state index in [4.69, 9.17) is 14.2 Å². The zero-order chi connectivity index (χ0) is 23.8. The Bertz CT molecular complexity index is 743. The van der Waals surface area contributed by atoms with Crippen LogP contribution in [0.15, 0.2) is 12.1 Å². The molecule has 1 rings (SSSR count). The summed E-state index contributed by atoms with van der Waals surface area (Å²) in [6, 6.07) is 3.44. The first-order chi connectivity index (χ1) is 15.4. The first-order valence-electron chi connectivity index (χ1n) is 10.5. The van der Waals surface area contributed by atoms with Gasteiger partial charge in [0.2, 0.25) is 17.7 Å². The number of amides is 3. The molecular weight excluding hydrogens is 418 g/mol. The summed E-state index contributed by atoms with van der Waals surface area (Å²) < 4.78 is 16.6. The van der Waals surface area contributed by atoms with Crippen LogP contribution in [0.25, 0.3) is 0 Å². The maximum atomic E-state index is 12.1. The number of nitrogens with one attached hydrogen (secondary N) is 3. The first-order valence-corrected chi connectivity index (χ1v) is 10.5. The number of methoxy groups -OCH3 is 2. The Balaban J connectivity index is 2.57. The van der Waals surface area contributed by atoms with Crippen LogP contribution in [0.3, 0.4) is 0 Å². The normalized spacial score (nSPS) is 10.1. The number of benzene rings is 1. The van der Waals surface area contributed by atoms with Gasteiger partial charge in [-0.05, 0) is 19.3 Å². The van der Waals surface area contributed by atoms with E-state index < -0.39 is 0 Å². The smallest absolute Gasteiger partial charge is 0.220 e. The molecule has 178 valence electrons. The molecule has 0 fully saturated rings. The highest BCUT2D eigenvalue weighted by Gasteiger charge is 2.15. The van der Waals surface area contributed by atoms with Gasteiger partial charge in [-0.15, -0.1) is 0 Å². The summed E-state index contributed by atoms with van der Waals surface area (Å²) in [6.07, 6.45) is 3.22. The van der Waals surface area contributed by atoms with Crippen LogP contribution >= 0.6 is 0 Å². The minimum Gasteiger partial charge on any atom is -0.496 e. The summed E-state index contributed by atoms with van der Waals surface area (Å²) in [5, 5.41) is 7.80. The van der Waals surface area contributed by atoms with Crippen molar-refractivity contribution >= 4 is 24.0 Å². The van der Waals surface area contributed by atoms with Crippen LogP contribution in [0, 0.1) is 0 Å². The lowest BCUT2D eigenvalue weighted by Crippen LogP contribution is -2.26. The fraction of sp³-hybridized carbons (Fsp3) is 0.545. The van der Waals surface area contributed by atoms with E-state index in [0.29, 0.717) is 48.5 Å². The second kappa shape index (κ2) is 15.5. The molecule has 0 spiro atoms. The number of carbonyl (C=O) groups is 4. The van der Waals surface area contributed by atoms with Gasteiger partial charge in [-0.3, -0.25) is 14.4 Å². The Morgan fingerprint density at radius 1 is 0.875 bits per heavy atom. The molecule has 0 heterocycles. The van der Waals surface area contributed by atoms with Crippen molar-refractivity contribution in [2.45, 2.75) is 45.1 Å². The van der Waals surface area contributed by atoms with E-state index in [9.17, 15) is 19.2 Å². The zero-order valence-electron chi connectivity index (χ0n) is 19.0. The molecule has 1 aromatic carbocycles. The van der Waals surface area contributed by atoms with Crippen molar-refractivity contribution < 1.29 is 33.4 Å². The van der Waals surface area contributed by atoms with Gasteiger partial charge < -0.3 is 35.0 Å². The Hall–Kier alpha value is -3.30. The second-order valence-corrected chi connectivity index (χ2v) is 6.89. The molecule has 0 aliphatic carbocycles. The molecule has 10 nitrogen and oxygen atoms in total. The topological polar surface area (TPSA) is 132 Å². The standard InChI is InChI=1S/C22H33N3O7/c1-23-20(27)7-4-5-12-32-16-13-18(30-2)17(19(14-16)31-3)15-25-22(29)9-6-8-21(28)24-10-11-26/h11,13-14H,4-10,12,15H2,1-3H3,(H,23,27)(H,24,28)(H,25,29). The Morgan fingerprint density at radius 2 is 1.47 bits per heavy atom. The quantitative estimate of drug-likeness (QED) is 0.253. The minimum atomic E-state index is -0.266. The van der Waals surface area contributed by atoms with Crippen LogP contribution in [-0.2, 0) is 25.7 Å². The molecule has 0 saturated heterocycles. The Morgan fingerprint density at radius 3 is 2.03 bits per heavy atom. The fourth-order valence-electron chi connectivity index (χ4n) is 2.85. The largest absolute Gasteiger partial charge is 0.496 e. The molecule has 32 heavy (non-hydrogen) atoms. The average molecular weight is 452 g/mol. The van der Waals surface area contributed by atoms with Crippen LogP contribution in [0.5, 0.6) is 17.2 Å². The lowest BCUT2D eigenvalue weighted by atomic mass is 10.1. The molecule has 0 atom stereocenters. The van der Waals surface area contributed by atoms with Crippen molar-refractivity contribution in [1.82, 2.24) is 16.0 Å². The SMILES string of the molecule is CNC(=O)CCCCOc1cc(OC)c(CNC(=O)CCCC(=O)NCC=O)c(OC)c1. The highest BCUT2D eigenvalue weighted by Crippen LogP contribution is 2.34. The van der Waals surface area contributed by atoms with Crippen molar-refractivity contribution in [3.8, 4) is 17.2 Å². The van der Waals surface area contributed by atoms with Crippen LogP contribution < -0.4 is 30.2 Å². The summed E-state index contributed by atoms with van der Waals surface area (Å²) in [5.74, 6) is 1.11. The third-order valence-corrected chi connectivity index (χ3v) is 4.58. The van der Waals surface area contributed by atoms with Crippen molar-refractivity contribution in [2.24, 2.45) is 0 Å². The van der Waals surface area contributed by atoms with Gasteiger partial charge in [0.05, 0.1) is 39.5 Å². The van der Waals surface area contributed by atoms with Crippen molar-refractivity contribution in [2.75, 3.05) is 34.4 Å². The third-order valence-electron chi connectivity index (χ3n) is 4.58. The maximum absolute atomic E-state index is 12.1. The highest BCUT2D eigenvalue weighted by atomic mass is 16.5. The predicted octanol–water partition coefficient (Wildman–Crippen LogP) is 1.10. The van der Waals surface area contributed by atoms with E-state index in [0.717, 1.165) is 12.8 Å². The molecule has 1 aromatic rings. The third kappa shape index (κ3) is 10.1.